The first kappa shape index (κ1) is 17.8. The largest absolute Gasteiger partial charge is 0.349 e. The van der Waals surface area contributed by atoms with Crippen molar-refractivity contribution in [3.63, 3.8) is 0 Å². The van der Waals surface area contributed by atoms with Gasteiger partial charge in [-0.05, 0) is 61.6 Å². The number of aryl methyl sites for hydroxylation is 1. The van der Waals surface area contributed by atoms with E-state index in [1.165, 1.54) is 19.3 Å². The first-order chi connectivity index (χ1) is 13.2. The molecule has 4 heteroatoms. The summed E-state index contributed by atoms with van der Waals surface area (Å²) in [7, 11) is 0. The summed E-state index contributed by atoms with van der Waals surface area (Å²) in [5.74, 6) is 0.0344. The van der Waals surface area contributed by atoms with Crippen molar-refractivity contribution in [2.24, 2.45) is 0 Å². The van der Waals surface area contributed by atoms with Gasteiger partial charge in [0.05, 0.1) is 0 Å². The summed E-state index contributed by atoms with van der Waals surface area (Å²) in [6, 6.07) is 15.5. The predicted octanol–water partition coefficient (Wildman–Crippen LogP) is 4.34. The Morgan fingerprint density at radius 1 is 0.889 bits per heavy atom. The van der Waals surface area contributed by atoms with Crippen LogP contribution in [0, 0.1) is 0 Å². The number of carbonyl (C=O) groups is 2. The van der Waals surface area contributed by atoms with Crippen molar-refractivity contribution in [1.82, 2.24) is 5.32 Å². The van der Waals surface area contributed by atoms with Gasteiger partial charge in [0.2, 0.25) is 0 Å². The molecule has 0 spiro atoms. The average Bonchev–Trinajstić information content (AvgIpc) is 2.73. The van der Waals surface area contributed by atoms with E-state index in [2.05, 4.69) is 5.32 Å². The third-order valence-electron chi connectivity index (χ3n) is 5.67. The minimum atomic E-state index is 0.0104. The van der Waals surface area contributed by atoms with E-state index >= 15 is 0 Å². The normalized spacial score (nSPS) is 17.3. The molecule has 0 unspecified atom stereocenters. The molecule has 1 heterocycles. The fourth-order valence-corrected chi connectivity index (χ4v) is 4.20. The predicted molar refractivity (Wildman–Crippen MR) is 107 cm³/mol. The number of hydrogen-bond acceptors (Lipinski definition) is 2. The number of nitrogens with zero attached hydrogens (tertiary/aromatic N) is 1. The van der Waals surface area contributed by atoms with Crippen LogP contribution in [0.15, 0.2) is 48.5 Å². The molecule has 2 aliphatic rings. The quantitative estimate of drug-likeness (QED) is 0.883. The minimum Gasteiger partial charge on any atom is -0.349 e. The first-order valence-electron chi connectivity index (χ1n) is 10.0. The van der Waals surface area contributed by atoms with Crippen molar-refractivity contribution in [1.29, 1.82) is 0 Å². The molecule has 4 nitrogen and oxygen atoms in total. The lowest BCUT2D eigenvalue weighted by atomic mass is 9.94. The lowest BCUT2D eigenvalue weighted by Crippen LogP contribution is -2.37. The van der Waals surface area contributed by atoms with Gasteiger partial charge in [-0.3, -0.25) is 9.59 Å². The number of hydrogen-bond donors (Lipinski definition) is 1. The van der Waals surface area contributed by atoms with Crippen LogP contribution < -0.4 is 10.2 Å². The molecule has 1 fully saturated rings. The summed E-state index contributed by atoms with van der Waals surface area (Å²) in [4.78, 5) is 27.4. The van der Waals surface area contributed by atoms with Gasteiger partial charge < -0.3 is 10.2 Å². The van der Waals surface area contributed by atoms with Gasteiger partial charge >= 0.3 is 0 Å². The Morgan fingerprint density at radius 3 is 2.44 bits per heavy atom. The van der Waals surface area contributed by atoms with E-state index in [0.29, 0.717) is 23.7 Å². The van der Waals surface area contributed by atoms with Gasteiger partial charge in [-0.25, -0.2) is 0 Å². The second kappa shape index (κ2) is 7.95. The van der Waals surface area contributed by atoms with Gasteiger partial charge in [-0.15, -0.1) is 0 Å². The van der Waals surface area contributed by atoms with Gasteiger partial charge in [0.15, 0.2) is 0 Å². The second-order valence-corrected chi connectivity index (χ2v) is 7.58. The van der Waals surface area contributed by atoms with E-state index in [-0.39, 0.29) is 11.8 Å². The Kier molecular flexibility index (Phi) is 5.23. The molecule has 1 saturated carbocycles. The van der Waals surface area contributed by atoms with Crippen LogP contribution in [-0.4, -0.2) is 24.4 Å². The van der Waals surface area contributed by atoms with E-state index < -0.39 is 0 Å². The molecule has 27 heavy (non-hydrogen) atoms. The second-order valence-electron chi connectivity index (χ2n) is 7.58. The number of carbonyl (C=O) groups excluding carboxylic acids is 2. The topological polar surface area (TPSA) is 49.4 Å². The van der Waals surface area contributed by atoms with Gasteiger partial charge in [0, 0.05) is 29.4 Å². The molecular formula is C23H26N2O2. The highest BCUT2D eigenvalue weighted by Crippen LogP contribution is 2.29. The smallest absolute Gasteiger partial charge is 0.258 e. The summed E-state index contributed by atoms with van der Waals surface area (Å²) in [6.45, 7) is 0.717. The number of anilines is 1. The molecule has 0 atom stereocenters. The summed E-state index contributed by atoms with van der Waals surface area (Å²) in [6.07, 6.45) is 7.65. The van der Waals surface area contributed by atoms with E-state index in [1.54, 1.807) is 0 Å². The highest BCUT2D eigenvalue weighted by molar-refractivity contribution is 6.07. The Hall–Kier alpha value is -2.62. The molecular weight excluding hydrogens is 336 g/mol. The van der Waals surface area contributed by atoms with E-state index in [9.17, 15) is 9.59 Å². The zero-order chi connectivity index (χ0) is 18.6. The third kappa shape index (κ3) is 3.90. The van der Waals surface area contributed by atoms with Crippen molar-refractivity contribution in [2.75, 3.05) is 11.4 Å². The molecule has 0 bridgehead atoms. The molecule has 1 aliphatic heterocycles. The maximum absolute atomic E-state index is 12.9. The number of nitrogens with one attached hydrogen (secondary N) is 1. The average molecular weight is 362 g/mol. The maximum Gasteiger partial charge on any atom is 0.258 e. The monoisotopic (exact) mass is 362 g/mol. The molecule has 4 rings (SSSR count). The molecule has 0 radical (unpaired) electrons. The van der Waals surface area contributed by atoms with Crippen molar-refractivity contribution >= 4 is 17.5 Å². The van der Waals surface area contributed by atoms with Gasteiger partial charge in [0.25, 0.3) is 11.8 Å². The van der Waals surface area contributed by atoms with Crippen molar-refractivity contribution < 1.29 is 9.59 Å². The maximum atomic E-state index is 12.9. The van der Waals surface area contributed by atoms with Crippen molar-refractivity contribution in [2.45, 2.75) is 51.0 Å². The van der Waals surface area contributed by atoms with Crippen LogP contribution in [0.2, 0.25) is 0 Å². The van der Waals surface area contributed by atoms with Gasteiger partial charge in [-0.1, -0.05) is 37.5 Å². The van der Waals surface area contributed by atoms with Crippen LogP contribution in [0.25, 0.3) is 0 Å². The molecule has 0 aromatic heterocycles. The molecule has 2 aromatic rings. The first-order valence-corrected chi connectivity index (χ1v) is 10.0. The zero-order valence-electron chi connectivity index (χ0n) is 15.6. The summed E-state index contributed by atoms with van der Waals surface area (Å²) in [5, 5.41) is 3.18. The van der Waals surface area contributed by atoms with Crippen molar-refractivity contribution in [3.8, 4) is 0 Å². The van der Waals surface area contributed by atoms with E-state index in [4.69, 9.17) is 0 Å². The van der Waals surface area contributed by atoms with Crippen LogP contribution in [0.4, 0.5) is 5.69 Å². The Labute approximate surface area is 160 Å². The number of rotatable bonds is 3. The molecule has 0 saturated heterocycles. The SMILES string of the molecule is O=C(NC1CCCCC1)c1ccc2c(c1)CCCN2C(=O)c1ccccc1. The lowest BCUT2D eigenvalue weighted by molar-refractivity contribution is 0.0927. The van der Waals surface area contributed by atoms with Crippen LogP contribution in [0.3, 0.4) is 0 Å². The lowest BCUT2D eigenvalue weighted by Gasteiger charge is -2.30. The molecule has 140 valence electrons. The fourth-order valence-electron chi connectivity index (χ4n) is 4.20. The van der Waals surface area contributed by atoms with Crippen molar-refractivity contribution in [3.05, 3.63) is 65.2 Å². The highest BCUT2D eigenvalue weighted by atomic mass is 16.2. The van der Waals surface area contributed by atoms with Crippen LogP contribution in [0.1, 0.15) is 64.8 Å². The molecule has 1 aliphatic carbocycles. The number of fused-ring (bicyclic) bond motifs is 1. The molecule has 2 amide bonds. The van der Waals surface area contributed by atoms with Crippen LogP contribution in [-0.2, 0) is 6.42 Å². The fraction of sp³-hybridized carbons (Fsp3) is 0.391. The number of benzene rings is 2. The van der Waals surface area contributed by atoms with Crippen LogP contribution in [0.5, 0.6) is 0 Å². The van der Waals surface area contributed by atoms with Gasteiger partial charge in [0.1, 0.15) is 0 Å². The summed E-state index contributed by atoms with van der Waals surface area (Å²) >= 11 is 0. The third-order valence-corrected chi connectivity index (χ3v) is 5.67. The Bertz CT molecular complexity index is 826. The van der Waals surface area contributed by atoms with Gasteiger partial charge in [-0.2, -0.15) is 0 Å². The minimum absolute atomic E-state index is 0.0104. The zero-order valence-corrected chi connectivity index (χ0v) is 15.6. The summed E-state index contributed by atoms with van der Waals surface area (Å²) in [5.41, 5.74) is 3.42. The Morgan fingerprint density at radius 2 is 1.67 bits per heavy atom. The van der Waals surface area contributed by atoms with E-state index in [1.807, 2.05) is 53.4 Å². The number of amides is 2. The highest BCUT2D eigenvalue weighted by Gasteiger charge is 2.25. The Balaban J connectivity index is 1.53. The van der Waals surface area contributed by atoms with Crippen LogP contribution >= 0.6 is 0 Å². The standard InChI is InChI=1S/C23H26N2O2/c26-22(24-20-11-5-2-6-12-20)19-13-14-21-18(16-19)10-7-15-25(21)23(27)17-8-3-1-4-9-17/h1,3-4,8-9,13-14,16,20H,2,5-7,10-12,15H2,(H,24,26). The summed E-state index contributed by atoms with van der Waals surface area (Å²) < 4.78 is 0. The molecule has 1 N–H and O–H groups in total. The molecule has 2 aromatic carbocycles. The van der Waals surface area contributed by atoms with E-state index in [0.717, 1.165) is 36.9 Å².